The molecule has 28 heavy (non-hydrogen) atoms. The first-order chi connectivity index (χ1) is 13.0. The van der Waals surface area contributed by atoms with Crippen LogP contribution >= 0.6 is 24.0 Å². The summed E-state index contributed by atoms with van der Waals surface area (Å²) in [5.74, 6) is 1.48. The summed E-state index contributed by atoms with van der Waals surface area (Å²) in [6, 6.07) is 6.99. The Morgan fingerprint density at radius 3 is 2.46 bits per heavy atom. The molecular formula is C22H35IN4O. The second kappa shape index (κ2) is 11.0. The minimum atomic E-state index is 0. The zero-order valence-electron chi connectivity index (χ0n) is 17.5. The van der Waals surface area contributed by atoms with E-state index in [1.807, 2.05) is 7.05 Å². The quantitative estimate of drug-likeness (QED) is 0.372. The number of halogens is 1. The zero-order chi connectivity index (χ0) is 19.2. The van der Waals surface area contributed by atoms with E-state index in [4.69, 9.17) is 0 Å². The fourth-order valence-electron chi connectivity index (χ4n) is 4.44. The monoisotopic (exact) mass is 498 g/mol. The van der Waals surface area contributed by atoms with Gasteiger partial charge in [-0.25, -0.2) is 0 Å². The number of aliphatic imine (C=N–C) groups is 1. The largest absolute Gasteiger partial charge is 0.356 e. The van der Waals surface area contributed by atoms with Gasteiger partial charge in [0.05, 0.1) is 0 Å². The van der Waals surface area contributed by atoms with Crippen molar-refractivity contribution < 1.29 is 4.79 Å². The lowest BCUT2D eigenvalue weighted by molar-refractivity contribution is -0.134. The molecule has 0 spiro atoms. The number of guanidine groups is 1. The molecule has 1 saturated carbocycles. The molecule has 6 heteroatoms. The third-order valence-electron chi connectivity index (χ3n) is 5.76. The Kier molecular flexibility index (Phi) is 9.05. The van der Waals surface area contributed by atoms with Crippen LogP contribution in [0.1, 0.15) is 48.8 Å². The van der Waals surface area contributed by atoms with Gasteiger partial charge >= 0.3 is 0 Å². The van der Waals surface area contributed by atoms with E-state index in [1.54, 1.807) is 0 Å². The van der Waals surface area contributed by atoms with Gasteiger partial charge in [-0.1, -0.05) is 42.2 Å². The fraction of sp³-hybridized carbons (Fsp3) is 0.636. The van der Waals surface area contributed by atoms with Crippen molar-refractivity contribution in [3.63, 3.8) is 0 Å². The lowest BCUT2D eigenvalue weighted by atomic mass is 10.1. The summed E-state index contributed by atoms with van der Waals surface area (Å²) >= 11 is 0. The van der Waals surface area contributed by atoms with Crippen molar-refractivity contribution >= 4 is 35.8 Å². The van der Waals surface area contributed by atoms with Crippen molar-refractivity contribution in [3.05, 3.63) is 34.9 Å². The van der Waals surface area contributed by atoms with Crippen molar-refractivity contribution in [2.24, 2.45) is 10.9 Å². The lowest BCUT2D eigenvalue weighted by Gasteiger charge is -2.21. The molecule has 1 heterocycles. The van der Waals surface area contributed by atoms with Crippen LogP contribution in [0.15, 0.2) is 23.2 Å². The van der Waals surface area contributed by atoms with Crippen molar-refractivity contribution in [3.8, 4) is 0 Å². The molecule has 0 bridgehead atoms. The van der Waals surface area contributed by atoms with Crippen molar-refractivity contribution in [2.75, 3.05) is 26.7 Å². The van der Waals surface area contributed by atoms with Gasteiger partial charge in [0.15, 0.2) is 5.96 Å². The molecule has 156 valence electrons. The van der Waals surface area contributed by atoms with Gasteiger partial charge in [-0.3, -0.25) is 9.79 Å². The maximum absolute atomic E-state index is 12.6. The topological polar surface area (TPSA) is 56.7 Å². The van der Waals surface area contributed by atoms with Crippen LogP contribution in [0.2, 0.25) is 0 Å². The van der Waals surface area contributed by atoms with Crippen LogP contribution in [0.4, 0.5) is 0 Å². The van der Waals surface area contributed by atoms with E-state index in [-0.39, 0.29) is 29.9 Å². The van der Waals surface area contributed by atoms with E-state index < -0.39 is 0 Å². The number of aryl methyl sites for hydroxylation is 2. The predicted octanol–water partition coefficient (Wildman–Crippen LogP) is 3.42. The molecule has 1 aliphatic carbocycles. The second-order valence-corrected chi connectivity index (χ2v) is 8.14. The standard InChI is InChI=1S/C22H34N4O.HI/c1-16-12-17(2)14-18(13-16)8-10-24-22(23-3)25-20-9-11-26(15-20)21(27)19-6-4-5-7-19;/h12-14,19-20H,4-11,15H2,1-3H3,(H2,23,24,25);1H. The summed E-state index contributed by atoms with van der Waals surface area (Å²) in [6.07, 6.45) is 6.55. The van der Waals surface area contributed by atoms with Crippen molar-refractivity contribution in [1.82, 2.24) is 15.5 Å². The number of hydrogen-bond acceptors (Lipinski definition) is 2. The molecule has 0 aromatic heterocycles. The number of carbonyl (C=O) groups excluding carboxylic acids is 1. The van der Waals surface area contributed by atoms with Gasteiger partial charge in [0.1, 0.15) is 0 Å². The molecule has 1 aromatic carbocycles. The summed E-state index contributed by atoms with van der Waals surface area (Å²) in [7, 11) is 1.81. The smallest absolute Gasteiger partial charge is 0.225 e. The highest BCUT2D eigenvalue weighted by Gasteiger charge is 2.32. The van der Waals surface area contributed by atoms with E-state index in [0.717, 1.165) is 51.3 Å². The summed E-state index contributed by atoms with van der Waals surface area (Å²) < 4.78 is 0. The Morgan fingerprint density at radius 2 is 1.82 bits per heavy atom. The van der Waals surface area contributed by atoms with Crippen molar-refractivity contribution in [2.45, 2.75) is 58.4 Å². The third-order valence-corrected chi connectivity index (χ3v) is 5.76. The van der Waals surface area contributed by atoms with Gasteiger partial charge < -0.3 is 15.5 Å². The van der Waals surface area contributed by atoms with Gasteiger partial charge in [0.25, 0.3) is 0 Å². The fourth-order valence-corrected chi connectivity index (χ4v) is 4.44. The van der Waals surface area contributed by atoms with Crippen LogP contribution in [-0.4, -0.2) is 49.5 Å². The van der Waals surface area contributed by atoms with Crippen LogP contribution < -0.4 is 10.6 Å². The Balaban J connectivity index is 0.00000280. The Bertz CT molecular complexity index is 665. The highest BCUT2D eigenvalue weighted by Crippen LogP contribution is 2.27. The average Bonchev–Trinajstić information content (AvgIpc) is 3.31. The number of benzene rings is 1. The van der Waals surface area contributed by atoms with E-state index >= 15 is 0 Å². The maximum atomic E-state index is 12.6. The first-order valence-corrected chi connectivity index (χ1v) is 10.4. The summed E-state index contributed by atoms with van der Waals surface area (Å²) in [5.41, 5.74) is 3.97. The molecule has 5 nitrogen and oxygen atoms in total. The van der Waals surface area contributed by atoms with Gasteiger partial charge in [0.2, 0.25) is 5.91 Å². The molecule has 2 fully saturated rings. The van der Waals surface area contributed by atoms with E-state index in [9.17, 15) is 4.79 Å². The minimum Gasteiger partial charge on any atom is -0.356 e. The van der Waals surface area contributed by atoms with Gasteiger partial charge in [-0.2, -0.15) is 0 Å². The molecule has 2 N–H and O–H groups in total. The molecule has 1 atom stereocenters. The van der Waals surface area contributed by atoms with E-state index in [2.05, 4.69) is 52.6 Å². The second-order valence-electron chi connectivity index (χ2n) is 8.14. The number of likely N-dealkylation sites (tertiary alicyclic amines) is 1. The van der Waals surface area contributed by atoms with Crippen LogP contribution in [0, 0.1) is 19.8 Å². The first-order valence-electron chi connectivity index (χ1n) is 10.4. The molecule has 1 saturated heterocycles. The SMILES string of the molecule is CN=C(NCCc1cc(C)cc(C)c1)NC1CCN(C(=O)C2CCCC2)C1.I. The van der Waals surface area contributed by atoms with Gasteiger partial charge in [-0.15, -0.1) is 24.0 Å². The summed E-state index contributed by atoms with van der Waals surface area (Å²) in [4.78, 5) is 19.0. The summed E-state index contributed by atoms with van der Waals surface area (Å²) in [6.45, 7) is 6.80. The molecule has 0 radical (unpaired) electrons. The Labute approximate surface area is 186 Å². The molecular weight excluding hydrogens is 463 g/mol. The Hall–Kier alpha value is -1.31. The normalized spacial score (nSPS) is 20.2. The molecule has 1 amide bonds. The summed E-state index contributed by atoms with van der Waals surface area (Å²) in [5, 5.41) is 6.91. The number of amides is 1. The molecule has 1 aliphatic heterocycles. The van der Waals surface area contributed by atoms with E-state index in [0.29, 0.717) is 11.9 Å². The average molecular weight is 498 g/mol. The molecule has 1 unspecified atom stereocenters. The number of carbonyl (C=O) groups is 1. The lowest BCUT2D eigenvalue weighted by Crippen LogP contribution is -2.45. The third kappa shape index (κ3) is 6.36. The number of nitrogens with one attached hydrogen (secondary N) is 2. The van der Waals surface area contributed by atoms with Gasteiger partial charge in [-0.05, 0) is 45.1 Å². The van der Waals surface area contributed by atoms with Crippen molar-refractivity contribution in [1.29, 1.82) is 0 Å². The first kappa shape index (κ1) is 23.0. The minimum absolute atomic E-state index is 0. The molecule has 2 aliphatic rings. The van der Waals surface area contributed by atoms with E-state index in [1.165, 1.54) is 29.5 Å². The molecule has 3 rings (SSSR count). The van der Waals surface area contributed by atoms with Gasteiger partial charge in [0, 0.05) is 38.6 Å². The van der Waals surface area contributed by atoms with Crippen LogP contribution in [0.5, 0.6) is 0 Å². The van der Waals surface area contributed by atoms with Crippen LogP contribution in [0.3, 0.4) is 0 Å². The highest BCUT2D eigenvalue weighted by molar-refractivity contribution is 14.0. The number of rotatable bonds is 5. The Morgan fingerprint density at radius 1 is 1.14 bits per heavy atom. The maximum Gasteiger partial charge on any atom is 0.225 e. The van der Waals surface area contributed by atoms with Crippen LogP contribution in [-0.2, 0) is 11.2 Å². The number of hydrogen-bond donors (Lipinski definition) is 2. The predicted molar refractivity (Wildman–Crippen MR) is 126 cm³/mol. The zero-order valence-corrected chi connectivity index (χ0v) is 19.8. The number of nitrogens with zero attached hydrogens (tertiary/aromatic N) is 2. The van der Waals surface area contributed by atoms with Crippen LogP contribution in [0.25, 0.3) is 0 Å². The molecule has 1 aromatic rings. The highest BCUT2D eigenvalue weighted by atomic mass is 127.